The van der Waals surface area contributed by atoms with Gasteiger partial charge in [0, 0.05) is 10.7 Å². The van der Waals surface area contributed by atoms with Crippen molar-refractivity contribution in [2.45, 2.75) is 6.92 Å². The van der Waals surface area contributed by atoms with Gasteiger partial charge < -0.3 is 4.74 Å². The average molecular weight is 271 g/mol. The number of hydrazone groups is 1. The van der Waals surface area contributed by atoms with Gasteiger partial charge in [0.05, 0.1) is 0 Å². The van der Waals surface area contributed by atoms with Gasteiger partial charge in [-0.3, -0.25) is 4.79 Å². The summed E-state index contributed by atoms with van der Waals surface area (Å²) in [4.78, 5) is 11.1. The molecule has 15 heavy (non-hydrogen) atoms. The van der Waals surface area contributed by atoms with Gasteiger partial charge in [-0.1, -0.05) is 15.9 Å². The number of hydrogen-bond donors (Lipinski definition) is 1. The van der Waals surface area contributed by atoms with Crippen molar-refractivity contribution in [2.75, 3.05) is 6.61 Å². The van der Waals surface area contributed by atoms with Crippen molar-refractivity contribution in [3.63, 3.8) is 0 Å². The lowest BCUT2D eigenvalue weighted by Gasteiger charge is -2.04. The Bertz CT molecular complexity index is 349. The minimum absolute atomic E-state index is 0.0427. The SMILES string of the molecule is C/C=N\NC(=O)COc1ccc(Br)cc1. The third-order valence-corrected chi connectivity index (χ3v) is 2.03. The van der Waals surface area contributed by atoms with Crippen LogP contribution in [0.1, 0.15) is 6.92 Å². The number of nitrogens with zero attached hydrogens (tertiary/aromatic N) is 1. The molecule has 0 heterocycles. The number of carbonyl (C=O) groups is 1. The molecule has 0 aliphatic heterocycles. The third kappa shape index (κ3) is 4.60. The molecule has 0 atom stereocenters. The van der Waals surface area contributed by atoms with E-state index in [0.717, 1.165) is 4.47 Å². The second-order valence-corrected chi connectivity index (χ2v) is 3.58. The summed E-state index contributed by atoms with van der Waals surface area (Å²) in [7, 11) is 0. The molecule has 80 valence electrons. The maximum Gasteiger partial charge on any atom is 0.277 e. The molecular weight excluding hydrogens is 260 g/mol. The van der Waals surface area contributed by atoms with E-state index >= 15 is 0 Å². The molecule has 0 saturated heterocycles. The lowest BCUT2D eigenvalue weighted by atomic mass is 10.3. The Hall–Kier alpha value is -1.36. The number of rotatable bonds is 4. The van der Waals surface area contributed by atoms with E-state index in [4.69, 9.17) is 4.74 Å². The summed E-state index contributed by atoms with van der Waals surface area (Å²) in [5, 5.41) is 3.59. The third-order valence-electron chi connectivity index (χ3n) is 1.50. The van der Waals surface area contributed by atoms with Gasteiger partial charge >= 0.3 is 0 Å². The molecule has 0 aromatic heterocycles. The molecule has 1 rings (SSSR count). The van der Waals surface area contributed by atoms with Crippen molar-refractivity contribution in [1.29, 1.82) is 0 Å². The molecule has 5 heteroatoms. The Morgan fingerprint density at radius 3 is 2.80 bits per heavy atom. The summed E-state index contributed by atoms with van der Waals surface area (Å²) in [5.41, 5.74) is 2.31. The zero-order valence-electron chi connectivity index (χ0n) is 8.24. The summed E-state index contributed by atoms with van der Waals surface area (Å²) in [6, 6.07) is 7.25. The van der Waals surface area contributed by atoms with Gasteiger partial charge in [-0.15, -0.1) is 0 Å². The second-order valence-electron chi connectivity index (χ2n) is 2.66. The van der Waals surface area contributed by atoms with Crippen LogP contribution in [0, 0.1) is 0 Å². The zero-order valence-corrected chi connectivity index (χ0v) is 9.82. The Morgan fingerprint density at radius 2 is 2.20 bits per heavy atom. The molecule has 1 amide bonds. The van der Waals surface area contributed by atoms with E-state index in [2.05, 4.69) is 26.5 Å². The zero-order chi connectivity index (χ0) is 11.1. The fourth-order valence-corrected chi connectivity index (χ4v) is 1.11. The Morgan fingerprint density at radius 1 is 1.53 bits per heavy atom. The van der Waals surface area contributed by atoms with E-state index in [1.54, 1.807) is 19.1 Å². The van der Waals surface area contributed by atoms with Crippen molar-refractivity contribution < 1.29 is 9.53 Å². The highest BCUT2D eigenvalue weighted by molar-refractivity contribution is 9.10. The molecule has 0 fully saturated rings. The summed E-state index contributed by atoms with van der Waals surface area (Å²) >= 11 is 3.31. The Labute approximate surface area is 96.4 Å². The molecule has 1 aromatic carbocycles. The average Bonchev–Trinajstić information content (AvgIpc) is 2.25. The largest absolute Gasteiger partial charge is 0.484 e. The second kappa shape index (κ2) is 6.19. The first-order chi connectivity index (χ1) is 7.22. The highest BCUT2D eigenvalue weighted by atomic mass is 79.9. The van der Waals surface area contributed by atoms with Crippen LogP contribution in [0.3, 0.4) is 0 Å². The normalized spacial score (nSPS) is 10.3. The smallest absolute Gasteiger partial charge is 0.277 e. The van der Waals surface area contributed by atoms with E-state index in [0.29, 0.717) is 5.75 Å². The monoisotopic (exact) mass is 270 g/mol. The topological polar surface area (TPSA) is 50.7 Å². The number of hydrogen-bond acceptors (Lipinski definition) is 3. The quantitative estimate of drug-likeness (QED) is 0.672. The number of nitrogens with one attached hydrogen (secondary N) is 1. The molecule has 0 saturated carbocycles. The van der Waals surface area contributed by atoms with E-state index in [1.165, 1.54) is 6.21 Å². The van der Waals surface area contributed by atoms with Gasteiger partial charge in [-0.2, -0.15) is 5.10 Å². The maximum absolute atomic E-state index is 11.1. The van der Waals surface area contributed by atoms with Crippen molar-refractivity contribution >= 4 is 28.1 Å². The van der Waals surface area contributed by atoms with Crippen molar-refractivity contribution in [1.82, 2.24) is 5.43 Å². The predicted molar refractivity (Wildman–Crippen MR) is 61.9 cm³/mol. The lowest BCUT2D eigenvalue weighted by molar-refractivity contribution is -0.123. The first kappa shape index (κ1) is 11.7. The number of benzene rings is 1. The van der Waals surface area contributed by atoms with Crippen LogP contribution in [0.25, 0.3) is 0 Å². The minimum Gasteiger partial charge on any atom is -0.484 e. The van der Waals surface area contributed by atoms with Crippen LogP contribution in [0.4, 0.5) is 0 Å². The van der Waals surface area contributed by atoms with Crippen LogP contribution < -0.4 is 10.2 Å². The van der Waals surface area contributed by atoms with Gasteiger partial charge in [0.1, 0.15) is 5.75 Å². The van der Waals surface area contributed by atoms with Crippen LogP contribution in [-0.4, -0.2) is 18.7 Å². The number of carbonyl (C=O) groups excluding carboxylic acids is 1. The van der Waals surface area contributed by atoms with Crippen molar-refractivity contribution in [3.8, 4) is 5.75 Å². The molecular formula is C10H11BrN2O2. The van der Waals surface area contributed by atoms with E-state index in [-0.39, 0.29) is 12.5 Å². The van der Waals surface area contributed by atoms with Crippen LogP contribution >= 0.6 is 15.9 Å². The summed E-state index contributed by atoms with van der Waals surface area (Å²) in [6.45, 7) is 1.68. The predicted octanol–water partition coefficient (Wildman–Crippen LogP) is 1.95. The molecule has 0 unspecified atom stereocenters. The minimum atomic E-state index is -0.281. The van der Waals surface area contributed by atoms with E-state index in [9.17, 15) is 4.79 Å². The highest BCUT2D eigenvalue weighted by Gasteiger charge is 2.00. The standard InChI is InChI=1S/C10H11BrN2O2/c1-2-12-13-10(14)7-15-9-5-3-8(11)4-6-9/h2-6H,7H2,1H3,(H,13,14)/b12-2-. The fraction of sp³-hybridized carbons (Fsp3) is 0.200. The molecule has 0 spiro atoms. The number of ether oxygens (including phenoxy) is 1. The summed E-state index contributed by atoms with van der Waals surface area (Å²) < 4.78 is 6.18. The van der Waals surface area contributed by atoms with Crippen LogP contribution in [0.15, 0.2) is 33.8 Å². The maximum atomic E-state index is 11.1. The Balaban J connectivity index is 2.37. The van der Waals surface area contributed by atoms with E-state index in [1.807, 2.05) is 12.1 Å². The molecule has 1 aromatic rings. The molecule has 4 nitrogen and oxygen atoms in total. The van der Waals surface area contributed by atoms with Crippen molar-refractivity contribution in [3.05, 3.63) is 28.7 Å². The van der Waals surface area contributed by atoms with Gasteiger partial charge in [0.25, 0.3) is 5.91 Å². The van der Waals surface area contributed by atoms with Crippen LogP contribution in [0.5, 0.6) is 5.75 Å². The molecule has 1 N–H and O–H groups in total. The Kier molecular flexibility index (Phi) is 4.83. The molecule has 0 radical (unpaired) electrons. The summed E-state index contributed by atoms with van der Waals surface area (Å²) in [5.74, 6) is 0.366. The summed E-state index contributed by atoms with van der Waals surface area (Å²) in [6.07, 6.45) is 1.50. The van der Waals surface area contributed by atoms with Crippen LogP contribution in [0.2, 0.25) is 0 Å². The number of amides is 1. The first-order valence-corrected chi connectivity index (χ1v) is 5.16. The highest BCUT2D eigenvalue weighted by Crippen LogP contribution is 2.15. The molecule has 0 bridgehead atoms. The van der Waals surface area contributed by atoms with E-state index < -0.39 is 0 Å². The lowest BCUT2D eigenvalue weighted by Crippen LogP contribution is -2.24. The van der Waals surface area contributed by atoms with Crippen LogP contribution in [-0.2, 0) is 4.79 Å². The van der Waals surface area contributed by atoms with Crippen molar-refractivity contribution in [2.24, 2.45) is 5.10 Å². The number of halogens is 1. The van der Waals surface area contributed by atoms with Gasteiger partial charge in [0.15, 0.2) is 6.61 Å². The van der Waals surface area contributed by atoms with Gasteiger partial charge in [-0.25, -0.2) is 5.43 Å². The molecule has 0 aliphatic rings. The van der Waals surface area contributed by atoms with Gasteiger partial charge in [0.2, 0.25) is 0 Å². The fourth-order valence-electron chi connectivity index (χ4n) is 0.849. The molecule has 0 aliphatic carbocycles. The first-order valence-electron chi connectivity index (χ1n) is 4.37. The van der Waals surface area contributed by atoms with Gasteiger partial charge in [-0.05, 0) is 31.2 Å².